The Bertz CT molecular complexity index is 691. The standard InChI is InChI=1S/C14H12ClFN2OS/c1-7-5-12(13(14(17)20)8(2)18-7)19-9-3-4-10(15)11(16)6-9/h3-6H,1-2H3,(H2,17,20). The van der Waals surface area contributed by atoms with Gasteiger partial charge in [0.1, 0.15) is 22.3 Å². The number of halogens is 2. The fraction of sp³-hybridized carbons (Fsp3) is 0.143. The predicted octanol–water partition coefficient (Wildman–Crippen LogP) is 3.92. The molecule has 0 radical (unpaired) electrons. The Morgan fingerprint density at radius 1 is 1.35 bits per heavy atom. The normalized spacial score (nSPS) is 10.4. The first kappa shape index (κ1) is 14.7. The fourth-order valence-electron chi connectivity index (χ4n) is 1.84. The quantitative estimate of drug-likeness (QED) is 0.873. The first-order valence-corrected chi connectivity index (χ1v) is 6.58. The number of ether oxygens (including phenoxy) is 1. The lowest BCUT2D eigenvalue weighted by Crippen LogP contribution is -2.14. The molecule has 0 saturated heterocycles. The molecule has 0 aliphatic heterocycles. The van der Waals surface area contributed by atoms with Crippen LogP contribution < -0.4 is 10.5 Å². The zero-order chi connectivity index (χ0) is 14.9. The van der Waals surface area contributed by atoms with Crippen LogP contribution in [0.1, 0.15) is 17.0 Å². The minimum atomic E-state index is -0.552. The zero-order valence-electron chi connectivity index (χ0n) is 10.9. The van der Waals surface area contributed by atoms with E-state index < -0.39 is 5.82 Å². The molecule has 0 bridgehead atoms. The molecule has 0 saturated carbocycles. The van der Waals surface area contributed by atoms with Crippen molar-refractivity contribution in [2.24, 2.45) is 5.73 Å². The predicted molar refractivity (Wildman–Crippen MR) is 81.1 cm³/mol. The van der Waals surface area contributed by atoms with E-state index in [2.05, 4.69) is 4.98 Å². The van der Waals surface area contributed by atoms with E-state index in [0.29, 0.717) is 22.8 Å². The van der Waals surface area contributed by atoms with Gasteiger partial charge in [-0.05, 0) is 26.0 Å². The molecule has 0 aliphatic rings. The molecule has 2 rings (SSSR count). The van der Waals surface area contributed by atoms with Crippen LogP contribution in [0.4, 0.5) is 4.39 Å². The van der Waals surface area contributed by atoms with Crippen LogP contribution in [0.2, 0.25) is 5.02 Å². The lowest BCUT2D eigenvalue weighted by atomic mass is 10.1. The molecule has 2 N–H and O–H groups in total. The van der Waals surface area contributed by atoms with Crippen molar-refractivity contribution >= 4 is 28.8 Å². The lowest BCUT2D eigenvalue weighted by molar-refractivity contribution is 0.474. The summed E-state index contributed by atoms with van der Waals surface area (Å²) in [5.41, 5.74) is 7.66. The average Bonchev–Trinajstić information content (AvgIpc) is 2.32. The van der Waals surface area contributed by atoms with Gasteiger partial charge in [-0.25, -0.2) is 4.39 Å². The molecule has 20 heavy (non-hydrogen) atoms. The van der Waals surface area contributed by atoms with E-state index in [0.717, 1.165) is 5.69 Å². The average molecular weight is 311 g/mol. The summed E-state index contributed by atoms with van der Waals surface area (Å²) in [6.07, 6.45) is 0. The van der Waals surface area contributed by atoms with Crippen LogP contribution in [0.5, 0.6) is 11.5 Å². The number of hydrogen-bond donors (Lipinski definition) is 1. The highest BCUT2D eigenvalue weighted by Gasteiger charge is 2.14. The van der Waals surface area contributed by atoms with Gasteiger partial charge in [-0.3, -0.25) is 4.98 Å². The molecule has 1 aromatic heterocycles. The number of thiocarbonyl (C=S) groups is 1. The molecule has 2 aromatic rings. The topological polar surface area (TPSA) is 48.1 Å². The maximum atomic E-state index is 13.4. The second kappa shape index (κ2) is 5.73. The number of benzene rings is 1. The van der Waals surface area contributed by atoms with Gasteiger partial charge in [-0.2, -0.15) is 0 Å². The van der Waals surface area contributed by atoms with E-state index in [1.807, 2.05) is 6.92 Å². The van der Waals surface area contributed by atoms with Crippen LogP contribution in [-0.4, -0.2) is 9.97 Å². The van der Waals surface area contributed by atoms with Crippen molar-refractivity contribution in [3.8, 4) is 11.5 Å². The summed E-state index contributed by atoms with van der Waals surface area (Å²) in [5.74, 6) is 0.210. The van der Waals surface area contributed by atoms with Gasteiger partial charge in [0, 0.05) is 17.8 Å². The van der Waals surface area contributed by atoms with E-state index in [9.17, 15) is 4.39 Å². The lowest BCUT2D eigenvalue weighted by Gasteiger charge is -2.13. The first-order chi connectivity index (χ1) is 9.38. The molecule has 0 spiro atoms. The van der Waals surface area contributed by atoms with Gasteiger partial charge < -0.3 is 10.5 Å². The molecule has 1 aromatic carbocycles. The summed E-state index contributed by atoms with van der Waals surface area (Å²) in [7, 11) is 0. The Morgan fingerprint density at radius 2 is 2.05 bits per heavy atom. The molecule has 0 fully saturated rings. The van der Waals surface area contributed by atoms with Crippen LogP contribution in [0.3, 0.4) is 0 Å². The number of nitrogens with zero attached hydrogens (tertiary/aromatic N) is 1. The molecule has 6 heteroatoms. The highest BCUT2D eigenvalue weighted by Crippen LogP contribution is 2.29. The van der Waals surface area contributed by atoms with Crippen molar-refractivity contribution in [3.05, 3.63) is 52.1 Å². The SMILES string of the molecule is Cc1cc(Oc2ccc(Cl)c(F)c2)c(C(N)=S)c(C)n1. The van der Waals surface area contributed by atoms with Crippen LogP contribution >= 0.6 is 23.8 Å². The minimum Gasteiger partial charge on any atom is -0.456 e. The molecular weight excluding hydrogens is 299 g/mol. The number of aryl methyl sites for hydroxylation is 2. The van der Waals surface area contributed by atoms with Gasteiger partial charge in [0.25, 0.3) is 0 Å². The third-order valence-electron chi connectivity index (χ3n) is 2.66. The van der Waals surface area contributed by atoms with Gasteiger partial charge in [-0.1, -0.05) is 23.8 Å². The van der Waals surface area contributed by atoms with Crippen molar-refractivity contribution in [3.63, 3.8) is 0 Å². The molecule has 0 aliphatic carbocycles. The Labute approximate surface area is 126 Å². The van der Waals surface area contributed by atoms with E-state index in [-0.39, 0.29) is 10.0 Å². The van der Waals surface area contributed by atoms with Gasteiger partial charge in [0.2, 0.25) is 0 Å². The molecule has 1 heterocycles. The minimum absolute atomic E-state index is 0.0361. The van der Waals surface area contributed by atoms with Gasteiger partial charge >= 0.3 is 0 Å². The summed E-state index contributed by atoms with van der Waals surface area (Å²) in [5, 5.41) is 0.0361. The van der Waals surface area contributed by atoms with Gasteiger partial charge in [0.05, 0.1) is 16.3 Å². The van der Waals surface area contributed by atoms with E-state index in [1.165, 1.54) is 12.1 Å². The van der Waals surface area contributed by atoms with Crippen LogP contribution in [0.25, 0.3) is 0 Å². The Balaban J connectivity index is 2.47. The molecule has 3 nitrogen and oxygen atoms in total. The Hall–Kier alpha value is -1.72. The van der Waals surface area contributed by atoms with Crippen molar-refractivity contribution in [1.29, 1.82) is 0 Å². The number of pyridine rings is 1. The maximum absolute atomic E-state index is 13.4. The summed E-state index contributed by atoms with van der Waals surface area (Å²) >= 11 is 10.6. The van der Waals surface area contributed by atoms with Crippen molar-refractivity contribution in [2.75, 3.05) is 0 Å². The maximum Gasteiger partial charge on any atom is 0.145 e. The van der Waals surface area contributed by atoms with E-state index in [4.69, 9.17) is 34.3 Å². The summed E-state index contributed by atoms with van der Waals surface area (Å²) in [4.78, 5) is 4.47. The van der Waals surface area contributed by atoms with Crippen LogP contribution in [-0.2, 0) is 0 Å². The van der Waals surface area contributed by atoms with E-state index in [1.54, 1.807) is 19.1 Å². The second-order valence-electron chi connectivity index (χ2n) is 4.26. The molecular formula is C14H12ClFN2OS. The van der Waals surface area contributed by atoms with Crippen LogP contribution in [0, 0.1) is 19.7 Å². The van der Waals surface area contributed by atoms with Crippen LogP contribution in [0.15, 0.2) is 24.3 Å². The Morgan fingerprint density at radius 3 is 2.65 bits per heavy atom. The summed E-state index contributed by atoms with van der Waals surface area (Å²) < 4.78 is 19.1. The van der Waals surface area contributed by atoms with Gasteiger partial charge in [-0.15, -0.1) is 0 Å². The molecule has 0 unspecified atom stereocenters. The highest BCUT2D eigenvalue weighted by molar-refractivity contribution is 7.80. The molecule has 104 valence electrons. The first-order valence-electron chi connectivity index (χ1n) is 5.79. The number of hydrogen-bond acceptors (Lipinski definition) is 3. The van der Waals surface area contributed by atoms with E-state index >= 15 is 0 Å². The fourth-order valence-corrected chi connectivity index (χ4v) is 2.21. The smallest absolute Gasteiger partial charge is 0.145 e. The second-order valence-corrected chi connectivity index (χ2v) is 5.11. The van der Waals surface area contributed by atoms with Crippen molar-refractivity contribution in [2.45, 2.75) is 13.8 Å². The van der Waals surface area contributed by atoms with Crippen molar-refractivity contribution in [1.82, 2.24) is 4.98 Å². The van der Waals surface area contributed by atoms with Gasteiger partial charge in [0.15, 0.2) is 0 Å². The third-order valence-corrected chi connectivity index (χ3v) is 3.17. The largest absolute Gasteiger partial charge is 0.456 e. The molecule has 0 amide bonds. The highest BCUT2D eigenvalue weighted by atomic mass is 35.5. The Kier molecular flexibility index (Phi) is 4.20. The summed E-state index contributed by atoms with van der Waals surface area (Å²) in [6, 6.07) is 5.90. The summed E-state index contributed by atoms with van der Waals surface area (Å²) in [6.45, 7) is 3.61. The van der Waals surface area contributed by atoms with Crippen molar-refractivity contribution < 1.29 is 9.13 Å². The third kappa shape index (κ3) is 3.05. The molecule has 0 atom stereocenters. The zero-order valence-corrected chi connectivity index (χ0v) is 12.5. The number of aromatic nitrogens is 1. The number of nitrogens with two attached hydrogens (primary N) is 1. The number of rotatable bonds is 3. The monoisotopic (exact) mass is 310 g/mol.